The molecule has 2 heterocycles. The molecular formula is C20H23N3O7. The third kappa shape index (κ3) is 3.49. The summed E-state index contributed by atoms with van der Waals surface area (Å²) in [5, 5.41) is 2.79. The monoisotopic (exact) mass is 417 g/mol. The number of nitrogens with one attached hydrogen (secondary N) is 1. The second-order valence-electron chi connectivity index (χ2n) is 6.92. The average Bonchev–Trinajstić information content (AvgIpc) is 3.10. The Morgan fingerprint density at radius 2 is 1.90 bits per heavy atom. The molecule has 1 aliphatic carbocycles. The zero-order valence-corrected chi connectivity index (χ0v) is 17.2. The molecule has 3 rings (SSSR count). The molecule has 0 aromatic carbocycles. The molecule has 1 N–H and O–H groups in total. The Balaban J connectivity index is 2.06. The van der Waals surface area contributed by atoms with E-state index in [9.17, 15) is 19.2 Å². The summed E-state index contributed by atoms with van der Waals surface area (Å²) in [4.78, 5) is 55.5. The van der Waals surface area contributed by atoms with Crippen molar-refractivity contribution in [3.05, 3.63) is 34.9 Å². The summed E-state index contributed by atoms with van der Waals surface area (Å²) in [6.07, 6.45) is 2.17. The van der Waals surface area contributed by atoms with Crippen LogP contribution in [-0.2, 0) is 28.6 Å². The van der Waals surface area contributed by atoms with E-state index in [0.29, 0.717) is 5.84 Å². The Kier molecular flexibility index (Phi) is 5.77. The molecule has 1 atom stereocenters. The van der Waals surface area contributed by atoms with Gasteiger partial charge in [-0.2, -0.15) is 4.99 Å². The lowest BCUT2D eigenvalue weighted by Crippen LogP contribution is -2.53. The molecule has 2 aliphatic heterocycles. The summed E-state index contributed by atoms with van der Waals surface area (Å²) in [6, 6.07) is 0. The highest BCUT2D eigenvalue weighted by Crippen LogP contribution is 2.44. The van der Waals surface area contributed by atoms with Gasteiger partial charge in [0.1, 0.15) is 12.4 Å². The van der Waals surface area contributed by atoms with E-state index in [4.69, 9.17) is 14.2 Å². The molecule has 1 amide bonds. The first kappa shape index (κ1) is 21.3. The number of aliphatic imine (C=N–C) groups is 1. The molecule has 1 spiro atoms. The molecule has 3 aliphatic rings. The molecule has 0 bridgehead atoms. The van der Waals surface area contributed by atoms with E-state index in [-0.39, 0.29) is 37.6 Å². The number of amides is 1. The molecule has 0 radical (unpaired) electrons. The van der Waals surface area contributed by atoms with Gasteiger partial charge >= 0.3 is 12.1 Å². The summed E-state index contributed by atoms with van der Waals surface area (Å²) >= 11 is 0. The standard InChI is InChI=1S/C20H23N3O7/c1-5-28-14(25)9-21-16-15(30-19(27)29-6-2)13(24)8-20(16)18(26)22-17-12(4)7-11(3)10-23(17)20/h7,10,21H,5-6,8-9H2,1-4H3. The summed E-state index contributed by atoms with van der Waals surface area (Å²) in [6.45, 7) is 6.77. The highest BCUT2D eigenvalue weighted by molar-refractivity contribution is 6.20. The number of allylic oxidation sites excluding steroid dienone is 3. The van der Waals surface area contributed by atoms with Gasteiger partial charge in [0.05, 0.1) is 25.3 Å². The largest absolute Gasteiger partial charge is 0.514 e. The maximum atomic E-state index is 13.1. The van der Waals surface area contributed by atoms with Gasteiger partial charge in [0.15, 0.2) is 11.3 Å². The number of nitrogens with zero attached hydrogens (tertiary/aromatic N) is 2. The first-order valence-corrected chi connectivity index (χ1v) is 9.56. The quantitative estimate of drug-likeness (QED) is 0.638. The first-order chi connectivity index (χ1) is 14.2. The molecule has 0 saturated heterocycles. The number of carbonyl (C=O) groups is 4. The van der Waals surface area contributed by atoms with Crippen LogP contribution in [0.2, 0.25) is 0 Å². The molecule has 0 saturated carbocycles. The molecule has 10 nitrogen and oxygen atoms in total. The van der Waals surface area contributed by atoms with Crippen LogP contribution in [0.5, 0.6) is 0 Å². The van der Waals surface area contributed by atoms with E-state index in [2.05, 4.69) is 10.3 Å². The van der Waals surface area contributed by atoms with Gasteiger partial charge in [-0.25, -0.2) is 4.79 Å². The molecule has 30 heavy (non-hydrogen) atoms. The fourth-order valence-electron chi connectivity index (χ4n) is 3.68. The second kappa shape index (κ2) is 8.13. The number of Topliss-reactive ketones (excluding diaryl/α,β-unsaturated/α-hetero) is 1. The Morgan fingerprint density at radius 3 is 2.57 bits per heavy atom. The normalized spacial score (nSPS) is 22.5. The van der Waals surface area contributed by atoms with Gasteiger partial charge < -0.3 is 24.4 Å². The van der Waals surface area contributed by atoms with Crippen molar-refractivity contribution in [2.75, 3.05) is 19.8 Å². The van der Waals surface area contributed by atoms with Gasteiger partial charge in [0, 0.05) is 6.20 Å². The minimum Gasteiger partial charge on any atom is -0.465 e. The third-order valence-corrected chi connectivity index (χ3v) is 4.80. The average molecular weight is 417 g/mol. The second-order valence-corrected chi connectivity index (χ2v) is 6.92. The number of carbonyl (C=O) groups excluding carboxylic acids is 4. The van der Waals surface area contributed by atoms with Crippen molar-refractivity contribution >= 4 is 29.7 Å². The Labute approximate surface area is 173 Å². The Bertz CT molecular complexity index is 944. The number of hydrogen-bond acceptors (Lipinski definition) is 9. The third-order valence-electron chi connectivity index (χ3n) is 4.80. The van der Waals surface area contributed by atoms with Crippen LogP contribution in [0.25, 0.3) is 0 Å². The van der Waals surface area contributed by atoms with Gasteiger partial charge in [-0.05, 0) is 38.8 Å². The van der Waals surface area contributed by atoms with Crippen LogP contribution in [0.1, 0.15) is 34.1 Å². The smallest absolute Gasteiger partial charge is 0.465 e. The zero-order chi connectivity index (χ0) is 22.1. The molecular weight excluding hydrogens is 394 g/mol. The van der Waals surface area contributed by atoms with Crippen LogP contribution in [0.3, 0.4) is 0 Å². The molecule has 1 unspecified atom stereocenters. The summed E-state index contributed by atoms with van der Waals surface area (Å²) in [7, 11) is 0. The summed E-state index contributed by atoms with van der Waals surface area (Å²) in [5.74, 6) is -1.76. The van der Waals surface area contributed by atoms with Gasteiger partial charge in [-0.1, -0.05) is 6.08 Å². The van der Waals surface area contributed by atoms with Gasteiger partial charge in [0.25, 0.3) is 5.91 Å². The maximum Gasteiger partial charge on any atom is 0.514 e. The highest BCUT2D eigenvalue weighted by Gasteiger charge is 2.61. The van der Waals surface area contributed by atoms with Crippen LogP contribution in [-0.4, -0.2) is 59.8 Å². The Morgan fingerprint density at radius 1 is 1.20 bits per heavy atom. The number of amidine groups is 1. The molecule has 160 valence electrons. The number of ketones is 1. The number of esters is 1. The van der Waals surface area contributed by atoms with Crippen molar-refractivity contribution in [2.24, 2.45) is 4.99 Å². The van der Waals surface area contributed by atoms with E-state index < -0.39 is 29.4 Å². The van der Waals surface area contributed by atoms with E-state index in [1.807, 2.05) is 13.0 Å². The molecule has 0 fully saturated rings. The van der Waals surface area contributed by atoms with E-state index in [1.165, 1.54) is 0 Å². The molecule has 0 aromatic rings. The summed E-state index contributed by atoms with van der Waals surface area (Å²) < 4.78 is 14.8. The number of fused-ring (bicyclic) bond motifs is 2. The van der Waals surface area contributed by atoms with Crippen LogP contribution < -0.4 is 5.32 Å². The van der Waals surface area contributed by atoms with Gasteiger partial charge in [0.2, 0.25) is 5.78 Å². The SMILES string of the molecule is CCOC(=O)CNC1=C(OC(=O)OCC)C(=O)CC12C(=O)N=C1C(C)=CC(C)=CN12. The topological polar surface area (TPSA) is 124 Å². The predicted molar refractivity (Wildman–Crippen MR) is 104 cm³/mol. The minimum atomic E-state index is -1.57. The van der Waals surface area contributed by atoms with Crippen molar-refractivity contribution < 1.29 is 33.4 Å². The lowest BCUT2D eigenvalue weighted by atomic mass is 9.92. The predicted octanol–water partition coefficient (Wildman–Crippen LogP) is 1.34. The number of ether oxygens (including phenoxy) is 3. The van der Waals surface area contributed by atoms with Crippen molar-refractivity contribution in [1.29, 1.82) is 0 Å². The van der Waals surface area contributed by atoms with Crippen molar-refractivity contribution in [3.63, 3.8) is 0 Å². The first-order valence-electron chi connectivity index (χ1n) is 9.56. The summed E-state index contributed by atoms with van der Waals surface area (Å²) in [5.41, 5.74) is 0.00287. The lowest BCUT2D eigenvalue weighted by Gasteiger charge is -2.36. The van der Waals surface area contributed by atoms with Gasteiger partial charge in [-0.3, -0.25) is 14.4 Å². The van der Waals surface area contributed by atoms with Crippen LogP contribution in [0, 0.1) is 0 Å². The van der Waals surface area contributed by atoms with Crippen molar-refractivity contribution in [2.45, 2.75) is 39.7 Å². The Hall–Kier alpha value is -3.43. The van der Waals surface area contributed by atoms with Crippen LogP contribution in [0.15, 0.2) is 39.9 Å². The van der Waals surface area contributed by atoms with E-state index in [0.717, 1.165) is 11.1 Å². The molecule has 10 heteroatoms. The van der Waals surface area contributed by atoms with Crippen LogP contribution >= 0.6 is 0 Å². The zero-order valence-electron chi connectivity index (χ0n) is 17.2. The van der Waals surface area contributed by atoms with E-state index >= 15 is 0 Å². The fourth-order valence-corrected chi connectivity index (χ4v) is 3.68. The number of hydrogen-bond donors (Lipinski definition) is 1. The minimum absolute atomic E-state index is 0.0175. The van der Waals surface area contributed by atoms with Gasteiger partial charge in [-0.15, -0.1) is 0 Å². The van der Waals surface area contributed by atoms with Crippen molar-refractivity contribution in [3.8, 4) is 0 Å². The highest BCUT2D eigenvalue weighted by atomic mass is 16.7. The van der Waals surface area contributed by atoms with E-state index in [1.54, 1.807) is 31.9 Å². The lowest BCUT2D eigenvalue weighted by molar-refractivity contribution is -0.142. The van der Waals surface area contributed by atoms with Crippen LogP contribution in [0.4, 0.5) is 4.79 Å². The molecule has 0 aromatic heterocycles. The van der Waals surface area contributed by atoms with Crippen molar-refractivity contribution in [1.82, 2.24) is 10.2 Å². The fraction of sp³-hybridized carbons (Fsp3) is 0.450. The maximum absolute atomic E-state index is 13.1. The number of rotatable bonds is 6.